The number of hydrogen-bond donors (Lipinski definition) is 1. The molecule has 0 aliphatic rings. The largest absolute Gasteiger partial charge is 0.354 e. The van der Waals surface area contributed by atoms with Gasteiger partial charge in [-0.1, -0.05) is 78.5 Å². The number of benzene rings is 3. The first kappa shape index (κ1) is 32.4. The van der Waals surface area contributed by atoms with Gasteiger partial charge in [0.2, 0.25) is 11.8 Å². The molecule has 41 heavy (non-hydrogen) atoms. The summed E-state index contributed by atoms with van der Waals surface area (Å²) in [5, 5.41) is 3.55. The van der Waals surface area contributed by atoms with Crippen molar-refractivity contribution in [2.45, 2.75) is 59.0 Å². The van der Waals surface area contributed by atoms with Gasteiger partial charge in [-0.05, 0) is 75.1 Å². The number of nitrogens with zero attached hydrogens (tertiary/aromatic N) is 2. The van der Waals surface area contributed by atoms with E-state index in [-0.39, 0.29) is 23.3 Å². The van der Waals surface area contributed by atoms with Crippen LogP contribution in [0.1, 0.15) is 43.0 Å². The van der Waals surface area contributed by atoms with Gasteiger partial charge in [0.1, 0.15) is 12.6 Å². The van der Waals surface area contributed by atoms with E-state index in [9.17, 15) is 18.0 Å². The number of sulfonamides is 1. The zero-order valence-corrected chi connectivity index (χ0v) is 26.6. The number of amides is 2. The molecular weight excluding hydrogens is 581 g/mol. The SMILES string of the molecule is Cc1ccc(S(=O)(=O)N(CC(=O)N(Cc2ccc(Cl)c(Cl)c2)C(C)C(=O)NCC(C)C)c2ccc(C)cc2C)cc1. The highest BCUT2D eigenvalue weighted by Crippen LogP contribution is 2.29. The first-order valence-corrected chi connectivity index (χ1v) is 15.6. The third-order valence-electron chi connectivity index (χ3n) is 6.70. The first-order valence-electron chi connectivity index (χ1n) is 13.4. The monoisotopic (exact) mass is 617 g/mol. The maximum absolute atomic E-state index is 14.1. The van der Waals surface area contributed by atoms with Crippen LogP contribution < -0.4 is 9.62 Å². The number of hydrogen-bond acceptors (Lipinski definition) is 4. The molecular formula is C31H37Cl2N3O4S. The summed E-state index contributed by atoms with van der Waals surface area (Å²) >= 11 is 12.3. The molecule has 0 saturated carbocycles. The number of carbonyl (C=O) groups is 2. The molecule has 0 fully saturated rings. The molecule has 1 unspecified atom stereocenters. The smallest absolute Gasteiger partial charge is 0.264 e. The Kier molecular flexibility index (Phi) is 10.9. The second-order valence-electron chi connectivity index (χ2n) is 10.7. The summed E-state index contributed by atoms with van der Waals surface area (Å²) in [7, 11) is -4.14. The highest BCUT2D eigenvalue weighted by molar-refractivity contribution is 7.92. The van der Waals surface area contributed by atoms with E-state index in [0.717, 1.165) is 15.4 Å². The fourth-order valence-electron chi connectivity index (χ4n) is 4.31. The zero-order chi connectivity index (χ0) is 30.5. The summed E-state index contributed by atoms with van der Waals surface area (Å²) in [4.78, 5) is 28.6. The van der Waals surface area contributed by atoms with Gasteiger partial charge in [-0.3, -0.25) is 13.9 Å². The molecule has 3 aromatic carbocycles. The lowest BCUT2D eigenvalue weighted by Gasteiger charge is -2.32. The van der Waals surface area contributed by atoms with E-state index in [2.05, 4.69) is 5.32 Å². The maximum Gasteiger partial charge on any atom is 0.264 e. The average molecular weight is 619 g/mol. The van der Waals surface area contributed by atoms with Gasteiger partial charge in [0, 0.05) is 13.1 Å². The van der Waals surface area contributed by atoms with Gasteiger partial charge >= 0.3 is 0 Å². The second-order valence-corrected chi connectivity index (χ2v) is 13.4. The minimum atomic E-state index is -4.14. The summed E-state index contributed by atoms with van der Waals surface area (Å²) in [6.45, 7) is 11.1. The van der Waals surface area contributed by atoms with Crippen LogP contribution in [0.2, 0.25) is 10.0 Å². The first-order chi connectivity index (χ1) is 19.2. The van der Waals surface area contributed by atoms with Crippen molar-refractivity contribution in [1.29, 1.82) is 0 Å². The predicted molar refractivity (Wildman–Crippen MR) is 166 cm³/mol. The second kappa shape index (κ2) is 13.7. The molecule has 0 saturated heterocycles. The fourth-order valence-corrected chi connectivity index (χ4v) is 6.11. The van der Waals surface area contributed by atoms with Gasteiger partial charge in [-0.25, -0.2) is 8.42 Å². The number of anilines is 1. The Hall–Kier alpha value is -3.07. The van der Waals surface area contributed by atoms with Gasteiger partial charge in [-0.2, -0.15) is 0 Å². The van der Waals surface area contributed by atoms with E-state index in [4.69, 9.17) is 23.2 Å². The van der Waals surface area contributed by atoms with Crippen LogP contribution in [0.4, 0.5) is 5.69 Å². The summed E-state index contributed by atoms with van der Waals surface area (Å²) in [5.74, 6) is -0.671. The lowest BCUT2D eigenvalue weighted by atomic mass is 10.1. The lowest BCUT2D eigenvalue weighted by molar-refractivity contribution is -0.139. The van der Waals surface area contributed by atoms with Gasteiger partial charge in [0.05, 0.1) is 20.6 Å². The van der Waals surface area contributed by atoms with Crippen molar-refractivity contribution >= 4 is 50.7 Å². The molecule has 0 aliphatic carbocycles. The third kappa shape index (κ3) is 8.24. The van der Waals surface area contributed by atoms with Crippen LogP contribution in [0.15, 0.2) is 65.6 Å². The van der Waals surface area contributed by atoms with Gasteiger partial charge < -0.3 is 10.2 Å². The van der Waals surface area contributed by atoms with Gasteiger partial charge in [0.25, 0.3) is 10.0 Å². The van der Waals surface area contributed by atoms with E-state index < -0.39 is 28.5 Å². The van der Waals surface area contributed by atoms with Crippen LogP contribution in [0.3, 0.4) is 0 Å². The molecule has 1 atom stereocenters. The van der Waals surface area contributed by atoms with Crippen molar-refractivity contribution in [3.63, 3.8) is 0 Å². The molecule has 0 radical (unpaired) electrons. The average Bonchev–Trinajstić information content (AvgIpc) is 2.91. The van der Waals surface area contributed by atoms with Crippen molar-refractivity contribution in [2.75, 3.05) is 17.4 Å². The van der Waals surface area contributed by atoms with E-state index in [0.29, 0.717) is 33.4 Å². The molecule has 1 N–H and O–H groups in total. The molecule has 3 rings (SSSR count). The number of halogens is 2. The molecule has 0 heterocycles. The number of nitrogens with one attached hydrogen (secondary N) is 1. The van der Waals surface area contributed by atoms with Gasteiger partial charge in [-0.15, -0.1) is 0 Å². The highest BCUT2D eigenvalue weighted by atomic mass is 35.5. The van der Waals surface area contributed by atoms with E-state index >= 15 is 0 Å². The molecule has 0 aliphatic heterocycles. The topological polar surface area (TPSA) is 86.8 Å². The van der Waals surface area contributed by atoms with Crippen LogP contribution in [0.5, 0.6) is 0 Å². The van der Waals surface area contributed by atoms with Crippen molar-refractivity contribution in [2.24, 2.45) is 5.92 Å². The Bertz CT molecular complexity index is 1510. The van der Waals surface area contributed by atoms with Crippen molar-refractivity contribution in [1.82, 2.24) is 10.2 Å². The minimum absolute atomic E-state index is 0.0251. The molecule has 10 heteroatoms. The lowest BCUT2D eigenvalue weighted by Crippen LogP contribution is -2.51. The minimum Gasteiger partial charge on any atom is -0.354 e. The van der Waals surface area contributed by atoms with E-state index in [1.165, 1.54) is 17.0 Å². The van der Waals surface area contributed by atoms with Crippen molar-refractivity contribution in [3.05, 3.63) is 93.0 Å². The number of carbonyl (C=O) groups excluding carboxylic acids is 2. The van der Waals surface area contributed by atoms with E-state index in [1.54, 1.807) is 56.3 Å². The van der Waals surface area contributed by atoms with E-state index in [1.807, 2.05) is 33.8 Å². The van der Waals surface area contributed by atoms with Crippen LogP contribution in [-0.4, -0.2) is 44.3 Å². The number of aryl methyl sites for hydroxylation is 3. The van der Waals surface area contributed by atoms with Crippen LogP contribution >= 0.6 is 23.2 Å². The van der Waals surface area contributed by atoms with Crippen molar-refractivity contribution in [3.8, 4) is 0 Å². The Labute approximate surface area is 253 Å². The van der Waals surface area contributed by atoms with Crippen LogP contribution in [-0.2, 0) is 26.2 Å². The maximum atomic E-state index is 14.1. The molecule has 3 aromatic rings. The summed E-state index contributed by atoms with van der Waals surface area (Å²) < 4.78 is 29.1. The molecule has 2 amide bonds. The Balaban J connectivity index is 2.06. The zero-order valence-electron chi connectivity index (χ0n) is 24.2. The standard InChI is InChI=1S/C31H37Cl2N3O4S/c1-20(2)17-34-31(38)24(6)35(18-25-10-13-27(32)28(33)16-25)30(37)19-36(29-14-9-22(4)15-23(29)5)41(39,40)26-11-7-21(3)8-12-26/h7-16,20,24H,17-19H2,1-6H3,(H,34,38). The highest BCUT2D eigenvalue weighted by Gasteiger charge is 2.33. The normalized spacial score (nSPS) is 12.2. The predicted octanol–water partition coefficient (Wildman–Crippen LogP) is 6.30. The number of rotatable bonds is 11. The third-order valence-corrected chi connectivity index (χ3v) is 9.21. The molecule has 0 spiro atoms. The quantitative estimate of drug-likeness (QED) is 0.273. The van der Waals surface area contributed by atoms with Crippen molar-refractivity contribution < 1.29 is 18.0 Å². The molecule has 0 aromatic heterocycles. The Morgan fingerprint density at radius 3 is 2.07 bits per heavy atom. The fraction of sp³-hybridized carbons (Fsp3) is 0.355. The molecule has 220 valence electrons. The Morgan fingerprint density at radius 2 is 1.49 bits per heavy atom. The van der Waals surface area contributed by atoms with Gasteiger partial charge in [0.15, 0.2) is 0 Å². The van der Waals surface area contributed by atoms with Crippen LogP contribution in [0, 0.1) is 26.7 Å². The summed E-state index contributed by atoms with van der Waals surface area (Å²) in [6, 6.07) is 15.9. The Morgan fingerprint density at radius 1 is 0.854 bits per heavy atom. The summed E-state index contributed by atoms with van der Waals surface area (Å²) in [6.07, 6.45) is 0. The molecule has 7 nitrogen and oxygen atoms in total. The summed E-state index contributed by atoms with van der Waals surface area (Å²) in [5.41, 5.74) is 3.60. The van der Waals surface area contributed by atoms with Crippen LogP contribution in [0.25, 0.3) is 0 Å². The molecule has 0 bridgehead atoms.